The van der Waals surface area contributed by atoms with Gasteiger partial charge in [0.2, 0.25) is 10.0 Å². The van der Waals surface area contributed by atoms with Crippen LogP contribution in [0.3, 0.4) is 0 Å². The number of benzene rings is 1. The Morgan fingerprint density at radius 1 is 1.26 bits per heavy atom. The number of halogens is 1. The molecule has 1 N–H and O–H groups in total. The normalized spacial score (nSPS) is 22.5. The first-order valence-corrected chi connectivity index (χ1v) is 9.05. The van der Waals surface area contributed by atoms with Crippen LogP contribution in [0.15, 0.2) is 29.2 Å². The summed E-state index contributed by atoms with van der Waals surface area (Å²) < 4.78 is 61.3. The second-order valence-corrected chi connectivity index (χ2v) is 8.57. The lowest BCUT2D eigenvalue weighted by atomic mass is 10.1. The highest BCUT2D eigenvalue weighted by Gasteiger charge is 2.28. The van der Waals surface area contributed by atoms with Crippen molar-refractivity contribution in [1.29, 1.82) is 0 Å². The van der Waals surface area contributed by atoms with Gasteiger partial charge in [0.05, 0.1) is 16.4 Å². The maximum Gasteiger partial charge on any atom is 0.240 e. The minimum atomic E-state index is -3.71. The van der Waals surface area contributed by atoms with Crippen molar-refractivity contribution in [3.63, 3.8) is 0 Å². The topological polar surface area (TPSA) is 80.3 Å². The number of hydrogen-bond donors (Lipinski definition) is 1. The molecule has 0 bridgehead atoms. The second kappa shape index (κ2) is 5.18. The molecule has 5 nitrogen and oxygen atoms in total. The smallest absolute Gasteiger partial charge is 0.229 e. The first kappa shape index (κ1) is 14.4. The quantitative estimate of drug-likeness (QED) is 0.880. The van der Waals surface area contributed by atoms with Crippen LogP contribution in [0.25, 0.3) is 0 Å². The number of sulfone groups is 1. The second-order valence-electron chi connectivity index (χ2n) is 4.57. The van der Waals surface area contributed by atoms with Gasteiger partial charge in [-0.3, -0.25) is 0 Å². The third-order valence-corrected chi connectivity index (χ3v) is 6.29. The maximum absolute atomic E-state index is 12.7. The predicted octanol–water partition coefficient (Wildman–Crippen LogP) is 0.539. The van der Waals surface area contributed by atoms with Gasteiger partial charge in [-0.25, -0.2) is 25.9 Å². The van der Waals surface area contributed by atoms with Gasteiger partial charge in [-0.15, -0.1) is 0 Å². The van der Waals surface area contributed by atoms with Crippen LogP contribution in [-0.2, 0) is 19.9 Å². The van der Waals surface area contributed by atoms with Crippen LogP contribution in [0.1, 0.15) is 6.42 Å². The predicted molar refractivity (Wildman–Crippen MR) is 68.3 cm³/mol. The molecule has 1 heterocycles. The lowest BCUT2D eigenvalue weighted by Crippen LogP contribution is -2.29. The molecule has 0 aliphatic carbocycles. The molecular formula is C11H14FNO4S2. The molecule has 0 amide bonds. The molecule has 8 heteroatoms. The van der Waals surface area contributed by atoms with Crippen LogP contribution in [0.2, 0.25) is 0 Å². The zero-order valence-corrected chi connectivity index (χ0v) is 11.7. The standard InChI is InChI=1S/C11H14FNO4S2/c12-10-1-3-11(4-2-10)19(16,17)13-7-9-5-6-18(14,15)8-9/h1-4,9,13H,5-8H2. The highest BCUT2D eigenvalue weighted by atomic mass is 32.2. The Kier molecular flexibility index (Phi) is 3.93. The van der Waals surface area contributed by atoms with Gasteiger partial charge in [-0.2, -0.15) is 0 Å². The molecule has 0 saturated carbocycles. The summed E-state index contributed by atoms with van der Waals surface area (Å²) in [6.45, 7) is 0.0823. The van der Waals surface area contributed by atoms with Gasteiger partial charge in [-0.05, 0) is 36.6 Å². The van der Waals surface area contributed by atoms with E-state index in [2.05, 4.69) is 4.72 Å². The summed E-state index contributed by atoms with van der Waals surface area (Å²) in [5, 5.41) is 0. The van der Waals surface area contributed by atoms with E-state index in [0.717, 1.165) is 12.1 Å². The number of rotatable bonds is 4. The van der Waals surface area contributed by atoms with E-state index < -0.39 is 25.7 Å². The molecule has 1 aliphatic rings. The first-order valence-electron chi connectivity index (χ1n) is 5.74. The number of nitrogens with one attached hydrogen (secondary N) is 1. The summed E-state index contributed by atoms with van der Waals surface area (Å²) in [5.74, 6) is -0.587. The van der Waals surface area contributed by atoms with E-state index in [9.17, 15) is 21.2 Å². The number of hydrogen-bond acceptors (Lipinski definition) is 4. The van der Waals surface area contributed by atoms with Crippen molar-refractivity contribution in [2.45, 2.75) is 11.3 Å². The highest BCUT2D eigenvalue weighted by Crippen LogP contribution is 2.18. The Bertz CT molecular complexity index is 652. The van der Waals surface area contributed by atoms with E-state index in [-0.39, 0.29) is 28.9 Å². The average molecular weight is 307 g/mol. The molecule has 1 fully saturated rings. The van der Waals surface area contributed by atoms with Gasteiger partial charge in [0, 0.05) is 6.54 Å². The fourth-order valence-electron chi connectivity index (χ4n) is 1.96. The Labute approximate surface area is 111 Å². The molecular weight excluding hydrogens is 293 g/mol. The molecule has 0 radical (unpaired) electrons. The van der Waals surface area contributed by atoms with Gasteiger partial charge >= 0.3 is 0 Å². The van der Waals surface area contributed by atoms with Gasteiger partial charge in [0.1, 0.15) is 5.82 Å². The molecule has 1 saturated heterocycles. The van der Waals surface area contributed by atoms with Gasteiger partial charge in [-0.1, -0.05) is 0 Å². The summed E-state index contributed by atoms with van der Waals surface area (Å²) in [5.41, 5.74) is 0. The van der Waals surface area contributed by atoms with E-state index in [1.807, 2.05) is 0 Å². The molecule has 0 spiro atoms. The summed E-state index contributed by atoms with van der Waals surface area (Å²) >= 11 is 0. The van der Waals surface area contributed by atoms with E-state index in [1.165, 1.54) is 12.1 Å². The van der Waals surface area contributed by atoms with Crippen LogP contribution < -0.4 is 4.72 Å². The zero-order valence-electron chi connectivity index (χ0n) is 10.0. The number of sulfonamides is 1. The molecule has 1 aromatic rings. The summed E-state index contributed by atoms with van der Waals surface area (Å²) in [6.07, 6.45) is 0.467. The van der Waals surface area contributed by atoms with E-state index in [0.29, 0.717) is 6.42 Å². The van der Waals surface area contributed by atoms with Crippen LogP contribution in [-0.4, -0.2) is 34.9 Å². The van der Waals surface area contributed by atoms with Gasteiger partial charge < -0.3 is 0 Å². The largest absolute Gasteiger partial charge is 0.240 e. The fraction of sp³-hybridized carbons (Fsp3) is 0.455. The molecule has 106 valence electrons. The third-order valence-electron chi connectivity index (χ3n) is 3.01. The average Bonchev–Trinajstić information content (AvgIpc) is 2.67. The van der Waals surface area contributed by atoms with Crippen molar-refractivity contribution in [3.8, 4) is 0 Å². The minimum absolute atomic E-state index is 0.0128. The van der Waals surface area contributed by atoms with Crippen LogP contribution in [0.5, 0.6) is 0 Å². The summed E-state index contributed by atoms with van der Waals surface area (Å²) in [7, 11) is -6.73. The van der Waals surface area contributed by atoms with E-state index in [4.69, 9.17) is 0 Å². The Balaban J connectivity index is 2.01. The van der Waals surface area contributed by atoms with Gasteiger partial charge in [0.25, 0.3) is 0 Å². The Hall–Kier alpha value is -0.990. The molecule has 1 unspecified atom stereocenters. The van der Waals surface area contributed by atoms with Crippen LogP contribution >= 0.6 is 0 Å². The lowest BCUT2D eigenvalue weighted by molar-refractivity contribution is 0.543. The van der Waals surface area contributed by atoms with Gasteiger partial charge in [0.15, 0.2) is 9.84 Å². The molecule has 1 aromatic carbocycles. The fourth-order valence-corrected chi connectivity index (χ4v) is 4.94. The summed E-state index contributed by atoms with van der Waals surface area (Å²) in [6, 6.07) is 4.47. The van der Waals surface area contributed by atoms with Crippen molar-refractivity contribution < 1.29 is 21.2 Å². The van der Waals surface area contributed by atoms with Crippen molar-refractivity contribution >= 4 is 19.9 Å². The molecule has 0 aromatic heterocycles. The Morgan fingerprint density at radius 3 is 2.42 bits per heavy atom. The van der Waals surface area contributed by atoms with E-state index in [1.54, 1.807) is 0 Å². The summed E-state index contributed by atoms with van der Waals surface area (Å²) in [4.78, 5) is -0.0326. The van der Waals surface area contributed by atoms with Crippen molar-refractivity contribution in [1.82, 2.24) is 4.72 Å². The lowest BCUT2D eigenvalue weighted by Gasteiger charge is -2.10. The van der Waals surface area contributed by atoms with Crippen molar-refractivity contribution in [2.75, 3.05) is 18.1 Å². The first-order chi connectivity index (χ1) is 8.78. The van der Waals surface area contributed by atoms with Crippen molar-refractivity contribution in [2.24, 2.45) is 5.92 Å². The minimum Gasteiger partial charge on any atom is -0.229 e. The SMILES string of the molecule is O=S1(=O)CCC(CNS(=O)(=O)c2ccc(F)cc2)C1. The molecule has 1 aliphatic heterocycles. The molecule has 19 heavy (non-hydrogen) atoms. The highest BCUT2D eigenvalue weighted by molar-refractivity contribution is 7.91. The molecule has 2 rings (SSSR count). The van der Waals surface area contributed by atoms with E-state index >= 15 is 0 Å². The van der Waals surface area contributed by atoms with Crippen molar-refractivity contribution in [3.05, 3.63) is 30.1 Å². The monoisotopic (exact) mass is 307 g/mol. The third kappa shape index (κ3) is 3.74. The zero-order chi connectivity index (χ0) is 14.1. The van der Waals surface area contributed by atoms with Crippen LogP contribution in [0, 0.1) is 11.7 Å². The molecule has 1 atom stereocenters. The van der Waals surface area contributed by atoms with Crippen LogP contribution in [0.4, 0.5) is 4.39 Å². The Morgan fingerprint density at radius 2 is 1.89 bits per heavy atom. The maximum atomic E-state index is 12.7.